The third-order valence-electron chi connectivity index (χ3n) is 11.9. The third kappa shape index (κ3) is 8.18. The number of hydrogen-bond donors (Lipinski definition) is 2. The fourth-order valence-corrected chi connectivity index (χ4v) is 11.1. The van der Waals surface area contributed by atoms with Crippen molar-refractivity contribution in [3.05, 3.63) is 92.8 Å². The summed E-state index contributed by atoms with van der Waals surface area (Å²) in [6.45, 7) is 4.62. The van der Waals surface area contributed by atoms with Crippen molar-refractivity contribution in [1.29, 1.82) is 0 Å². The number of carbonyl (C=O) groups excluding carboxylic acids is 3. The molecule has 55 heavy (non-hydrogen) atoms. The van der Waals surface area contributed by atoms with E-state index in [2.05, 4.69) is 38.9 Å². The van der Waals surface area contributed by atoms with Crippen LogP contribution in [0.25, 0.3) is 10.4 Å². The van der Waals surface area contributed by atoms with E-state index in [1.807, 2.05) is 35.6 Å². The van der Waals surface area contributed by atoms with Crippen LogP contribution in [-0.2, 0) is 26.3 Å². The number of nitrogens with zero attached hydrogens (tertiary/aromatic N) is 4. The van der Waals surface area contributed by atoms with Crippen LogP contribution >= 0.6 is 22.7 Å². The van der Waals surface area contributed by atoms with Gasteiger partial charge in [0, 0.05) is 59.1 Å². The van der Waals surface area contributed by atoms with E-state index in [0.717, 1.165) is 88.7 Å². The molecule has 1 aromatic carbocycles. The van der Waals surface area contributed by atoms with Crippen molar-refractivity contribution in [2.24, 2.45) is 5.92 Å². The Bertz CT molecular complexity index is 1970. The molecule has 0 bridgehead atoms. The van der Waals surface area contributed by atoms with Gasteiger partial charge in [0.1, 0.15) is 22.6 Å². The average molecular weight is 785 g/mol. The molecule has 3 aliphatic heterocycles. The quantitative estimate of drug-likeness (QED) is 0.162. The Morgan fingerprint density at radius 2 is 1.71 bits per heavy atom. The smallest absolute Gasteiger partial charge is 0.246 e. The van der Waals surface area contributed by atoms with Gasteiger partial charge in [-0.2, -0.15) is 0 Å². The highest BCUT2D eigenvalue weighted by atomic mass is 32.1. The molecule has 0 unspecified atom stereocenters. The molecule has 1 aliphatic carbocycles. The van der Waals surface area contributed by atoms with Gasteiger partial charge in [0.05, 0.1) is 24.3 Å². The molecule has 1 saturated carbocycles. The van der Waals surface area contributed by atoms with Crippen molar-refractivity contribution in [3.63, 3.8) is 0 Å². The maximum absolute atomic E-state index is 14.6. The van der Waals surface area contributed by atoms with E-state index < -0.39 is 17.9 Å². The molecule has 290 valence electrons. The first-order valence-electron chi connectivity index (χ1n) is 19.8. The summed E-state index contributed by atoms with van der Waals surface area (Å²) in [5, 5.41) is 7.82. The molecule has 8 rings (SSSR count). The lowest BCUT2D eigenvalue weighted by molar-refractivity contribution is -0.142. The van der Waals surface area contributed by atoms with E-state index in [4.69, 9.17) is 9.72 Å². The second-order valence-electron chi connectivity index (χ2n) is 15.4. The third-order valence-corrected chi connectivity index (χ3v) is 14.1. The first-order valence-corrected chi connectivity index (χ1v) is 21.5. The number of hydrazine groups is 1. The lowest BCUT2D eigenvalue weighted by Gasteiger charge is -2.44. The van der Waals surface area contributed by atoms with Crippen LogP contribution in [0.4, 0.5) is 4.39 Å². The van der Waals surface area contributed by atoms with Gasteiger partial charge in [-0.1, -0.05) is 19.3 Å². The number of ketones is 1. The lowest BCUT2D eigenvalue weighted by Crippen LogP contribution is -2.60. The van der Waals surface area contributed by atoms with Crippen LogP contribution in [0.3, 0.4) is 0 Å². The first kappa shape index (κ1) is 38.0. The van der Waals surface area contributed by atoms with Crippen LogP contribution in [0.2, 0.25) is 0 Å². The molecular formula is C42H49FN6O4S2. The molecule has 3 fully saturated rings. The van der Waals surface area contributed by atoms with Crippen molar-refractivity contribution in [2.75, 3.05) is 26.2 Å². The van der Waals surface area contributed by atoms with Crippen molar-refractivity contribution >= 4 is 40.3 Å². The molecule has 13 heteroatoms. The molecule has 2 amide bonds. The summed E-state index contributed by atoms with van der Waals surface area (Å²) in [6, 6.07) is 10.4. The number of nitrogens with one attached hydrogen (secondary N) is 2. The van der Waals surface area contributed by atoms with Crippen LogP contribution < -0.4 is 10.7 Å². The summed E-state index contributed by atoms with van der Waals surface area (Å²) in [5.74, 6) is -0.866. The number of carbonyl (C=O) groups is 3. The minimum atomic E-state index is -0.634. The Hall–Kier alpha value is -3.88. The molecule has 0 radical (unpaired) electrons. The minimum Gasteiger partial charge on any atom is -0.370 e. The molecule has 2 saturated heterocycles. The van der Waals surface area contributed by atoms with Gasteiger partial charge < -0.3 is 15.0 Å². The number of amides is 2. The molecule has 2 N–H and O–H groups in total. The predicted molar refractivity (Wildman–Crippen MR) is 211 cm³/mol. The Labute approximate surface area is 329 Å². The van der Waals surface area contributed by atoms with E-state index in [9.17, 15) is 18.8 Å². The zero-order chi connectivity index (χ0) is 37.9. The molecule has 3 atom stereocenters. The minimum absolute atomic E-state index is 0.0574. The predicted octanol–water partition coefficient (Wildman–Crippen LogP) is 7.21. The van der Waals surface area contributed by atoms with Gasteiger partial charge >= 0.3 is 0 Å². The summed E-state index contributed by atoms with van der Waals surface area (Å²) >= 11 is 3.23. The van der Waals surface area contributed by atoms with Gasteiger partial charge in [0.25, 0.3) is 0 Å². The van der Waals surface area contributed by atoms with Gasteiger partial charge in [-0.25, -0.2) is 19.8 Å². The second kappa shape index (κ2) is 16.7. The summed E-state index contributed by atoms with van der Waals surface area (Å²) in [7, 11) is 0. The number of fused-ring (bicyclic) bond motifs is 2. The molecule has 3 aromatic heterocycles. The number of thiazole rings is 1. The normalized spacial score (nSPS) is 21.5. The number of thiophene rings is 1. The number of piperidine rings is 2. The fraction of sp³-hybridized carbons (Fsp3) is 0.500. The van der Waals surface area contributed by atoms with Crippen molar-refractivity contribution in [3.8, 4) is 10.4 Å². The standard InChI is InChI=1S/C42H49FN6O4S2/c1-27(47-48-22-17-42(18-23-48)32-25-36(28-14-19-44-20-15-28)55-35(32)16-24-53-42)39(51)46-37(29-7-3-2-4-8-29)41(52)49-21-6-5-9-34(49)40-45-33(26-54-40)38(50)30-10-12-31(43)13-11-30/h10-15,19-20,25-27,29,34,37,47H,2-9,16-18,21-24H2,1H3,(H,46,51)/t27-,34+,37-/m0/s1. The number of likely N-dealkylation sites (tertiary alicyclic amines) is 1. The molecule has 10 nitrogen and oxygen atoms in total. The van der Waals surface area contributed by atoms with Crippen LogP contribution in [-0.4, -0.2) is 75.8 Å². The highest BCUT2D eigenvalue weighted by Crippen LogP contribution is 2.46. The number of aromatic nitrogens is 2. The number of halogens is 1. The number of pyridine rings is 1. The second-order valence-corrected chi connectivity index (χ2v) is 17.5. The van der Waals surface area contributed by atoms with E-state index in [-0.39, 0.29) is 35.2 Å². The zero-order valence-electron chi connectivity index (χ0n) is 31.3. The first-order chi connectivity index (χ1) is 26.8. The van der Waals surface area contributed by atoms with E-state index in [1.165, 1.54) is 56.5 Å². The number of ether oxygens (including phenoxy) is 1. The monoisotopic (exact) mass is 784 g/mol. The highest BCUT2D eigenvalue weighted by Gasteiger charge is 2.43. The molecule has 1 spiro atoms. The molecule has 4 aromatic rings. The highest BCUT2D eigenvalue weighted by molar-refractivity contribution is 7.15. The fourth-order valence-electron chi connectivity index (χ4n) is 8.87. The zero-order valence-corrected chi connectivity index (χ0v) is 32.9. The van der Waals surface area contributed by atoms with Gasteiger partial charge in [-0.15, -0.1) is 22.7 Å². The number of hydrogen-bond acceptors (Lipinski definition) is 10. The molecule has 6 heterocycles. The Morgan fingerprint density at radius 3 is 2.47 bits per heavy atom. The maximum atomic E-state index is 14.6. The van der Waals surface area contributed by atoms with Gasteiger partial charge in [0.2, 0.25) is 17.6 Å². The Kier molecular flexibility index (Phi) is 11.5. The van der Waals surface area contributed by atoms with Crippen molar-refractivity contribution in [1.82, 2.24) is 30.6 Å². The van der Waals surface area contributed by atoms with Crippen LogP contribution in [0, 0.1) is 11.7 Å². The van der Waals surface area contributed by atoms with E-state index in [0.29, 0.717) is 24.4 Å². The topological polar surface area (TPSA) is 117 Å². The summed E-state index contributed by atoms with van der Waals surface area (Å²) in [6.07, 6.45) is 13.8. The van der Waals surface area contributed by atoms with Crippen LogP contribution in [0.5, 0.6) is 0 Å². The number of rotatable bonds is 10. The Morgan fingerprint density at radius 1 is 0.964 bits per heavy atom. The van der Waals surface area contributed by atoms with Crippen LogP contribution in [0.15, 0.2) is 60.2 Å². The van der Waals surface area contributed by atoms with Crippen molar-refractivity contribution in [2.45, 2.75) is 101 Å². The molecular weight excluding hydrogens is 736 g/mol. The van der Waals surface area contributed by atoms with Gasteiger partial charge in [-0.3, -0.25) is 19.4 Å². The summed E-state index contributed by atoms with van der Waals surface area (Å²) in [5.41, 5.74) is 6.29. The molecule has 4 aliphatic rings. The Balaban J connectivity index is 0.925. The summed E-state index contributed by atoms with van der Waals surface area (Å²) in [4.78, 5) is 55.2. The largest absolute Gasteiger partial charge is 0.370 e. The lowest BCUT2D eigenvalue weighted by atomic mass is 9.82. The van der Waals surface area contributed by atoms with Gasteiger partial charge in [-0.05, 0) is 111 Å². The SMILES string of the molecule is C[C@H](NN1CCC2(CC1)OCCc1sc(-c3ccncc3)cc12)C(=O)N[C@H](C(=O)N1CCCC[C@@H]1c1nc(C(=O)c2ccc(F)cc2)cs1)C1CCCCC1. The van der Waals surface area contributed by atoms with Crippen molar-refractivity contribution < 1.29 is 23.5 Å². The average Bonchev–Trinajstić information content (AvgIpc) is 3.91. The number of benzene rings is 1. The van der Waals surface area contributed by atoms with E-state index >= 15 is 0 Å². The summed E-state index contributed by atoms with van der Waals surface area (Å²) < 4.78 is 20.0. The van der Waals surface area contributed by atoms with Crippen LogP contribution in [0.1, 0.15) is 109 Å². The van der Waals surface area contributed by atoms with E-state index in [1.54, 1.807) is 5.38 Å². The van der Waals surface area contributed by atoms with Gasteiger partial charge in [0.15, 0.2) is 0 Å². The maximum Gasteiger partial charge on any atom is 0.246 e.